The van der Waals surface area contributed by atoms with Gasteiger partial charge in [0.2, 0.25) is 0 Å². The molecule has 0 amide bonds. The molecule has 2 fully saturated rings. The molecule has 2 nitrogen and oxygen atoms in total. The molecule has 2 rings (SSSR count). The van der Waals surface area contributed by atoms with Crippen molar-refractivity contribution in [3.05, 3.63) is 0 Å². The minimum atomic E-state index is 0.739. The van der Waals surface area contributed by atoms with Gasteiger partial charge in [0.15, 0.2) is 0 Å². The minimum Gasteiger partial charge on any atom is -0.357 e. The summed E-state index contributed by atoms with van der Waals surface area (Å²) in [6.07, 6.45) is 4.87. The van der Waals surface area contributed by atoms with E-state index in [9.17, 15) is 0 Å². The van der Waals surface area contributed by atoms with Crippen LogP contribution < -0.4 is 0 Å². The summed E-state index contributed by atoms with van der Waals surface area (Å²) < 4.78 is 0. The molecule has 2 heteroatoms. The highest BCUT2D eigenvalue weighted by atomic mass is 15.2. The van der Waals surface area contributed by atoms with Crippen LogP contribution in [0.2, 0.25) is 0 Å². The Balaban J connectivity index is 1.95. The molecule has 2 atom stereocenters. The van der Waals surface area contributed by atoms with Crippen LogP contribution >= 0.6 is 0 Å². The predicted octanol–water partition coefficient (Wildman–Crippen LogP) is 1.86. The lowest BCUT2D eigenvalue weighted by atomic mass is 10.1. The largest absolute Gasteiger partial charge is 0.357 e. The fourth-order valence-electron chi connectivity index (χ4n) is 1.96. The van der Waals surface area contributed by atoms with Gasteiger partial charge in [-0.25, -0.2) is 0 Å². The smallest absolute Gasteiger partial charge is 0.0960 e. The van der Waals surface area contributed by atoms with Crippen molar-refractivity contribution < 1.29 is 0 Å². The number of rotatable bonds is 1. The maximum atomic E-state index is 7.73. The summed E-state index contributed by atoms with van der Waals surface area (Å²) >= 11 is 0. The van der Waals surface area contributed by atoms with E-state index in [-0.39, 0.29) is 0 Å². The van der Waals surface area contributed by atoms with Crippen LogP contribution in [0.3, 0.4) is 0 Å². The Morgan fingerprint density at radius 1 is 1.45 bits per heavy atom. The molecular weight excluding hydrogens is 136 g/mol. The maximum Gasteiger partial charge on any atom is 0.0960 e. The van der Waals surface area contributed by atoms with Gasteiger partial charge in [-0.05, 0) is 25.2 Å². The molecule has 0 aromatic carbocycles. The van der Waals surface area contributed by atoms with Crippen LogP contribution in [0.5, 0.6) is 0 Å². The predicted molar refractivity (Wildman–Crippen MR) is 45.9 cm³/mol. The average Bonchev–Trinajstić information content (AvgIpc) is 2.68. The van der Waals surface area contributed by atoms with E-state index in [1.165, 1.54) is 19.3 Å². The second-order valence-electron chi connectivity index (χ2n) is 3.88. The standard InChI is InChI=1S/C9H16N2/c1-7-6-8(7)11-5-3-2-4-9(11)10/h7-8,10H,2-6H2,1H3. The van der Waals surface area contributed by atoms with Crippen LogP contribution in [-0.4, -0.2) is 23.3 Å². The molecule has 2 aliphatic rings. The monoisotopic (exact) mass is 152 g/mol. The van der Waals surface area contributed by atoms with E-state index < -0.39 is 0 Å². The molecule has 1 saturated carbocycles. The lowest BCUT2D eigenvalue weighted by Gasteiger charge is -2.29. The minimum absolute atomic E-state index is 0.739. The fourth-order valence-corrected chi connectivity index (χ4v) is 1.96. The zero-order chi connectivity index (χ0) is 7.84. The van der Waals surface area contributed by atoms with Gasteiger partial charge in [0.1, 0.15) is 0 Å². The molecule has 62 valence electrons. The van der Waals surface area contributed by atoms with Crippen molar-refractivity contribution in [2.75, 3.05) is 6.54 Å². The lowest BCUT2D eigenvalue weighted by molar-refractivity contribution is 0.347. The van der Waals surface area contributed by atoms with Gasteiger partial charge in [-0.2, -0.15) is 0 Å². The summed E-state index contributed by atoms with van der Waals surface area (Å²) in [7, 11) is 0. The number of amidine groups is 1. The number of hydrogen-bond donors (Lipinski definition) is 1. The van der Waals surface area contributed by atoms with Gasteiger partial charge in [-0.1, -0.05) is 6.92 Å². The first-order valence-corrected chi connectivity index (χ1v) is 4.63. The van der Waals surface area contributed by atoms with Crippen molar-refractivity contribution in [2.45, 2.75) is 38.6 Å². The molecule has 11 heavy (non-hydrogen) atoms. The van der Waals surface area contributed by atoms with Crippen molar-refractivity contribution in [1.82, 2.24) is 4.90 Å². The molecule has 1 saturated heterocycles. The molecule has 0 spiro atoms. The van der Waals surface area contributed by atoms with Crippen LogP contribution in [0.4, 0.5) is 0 Å². The number of nitrogens with zero attached hydrogens (tertiary/aromatic N) is 1. The molecule has 0 radical (unpaired) electrons. The highest BCUT2D eigenvalue weighted by molar-refractivity contribution is 5.80. The third kappa shape index (κ3) is 1.26. The first-order chi connectivity index (χ1) is 5.29. The maximum absolute atomic E-state index is 7.73. The van der Waals surface area contributed by atoms with E-state index in [1.54, 1.807) is 0 Å². The highest BCUT2D eigenvalue weighted by Crippen LogP contribution is 2.36. The van der Waals surface area contributed by atoms with E-state index in [0.29, 0.717) is 0 Å². The van der Waals surface area contributed by atoms with E-state index >= 15 is 0 Å². The number of hydrogen-bond acceptors (Lipinski definition) is 1. The first-order valence-electron chi connectivity index (χ1n) is 4.63. The molecule has 1 aliphatic heterocycles. The summed E-state index contributed by atoms with van der Waals surface area (Å²) in [6, 6.07) is 0.739. The highest BCUT2D eigenvalue weighted by Gasteiger charge is 2.39. The van der Waals surface area contributed by atoms with Crippen LogP contribution in [0.25, 0.3) is 0 Å². The van der Waals surface area contributed by atoms with E-state index in [1.807, 2.05) is 0 Å². The second kappa shape index (κ2) is 2.50. The van der Waals surface area contributed by atoms with Crippen molar-refractivity contribution in [1.29, 1.82) is 5.41 Å². The lowest BCUT2D eigenvalue weighted by Crippen LogP contribution is -2.37. The third-order valence-electron chi connectivity index (χ3n) is 2.88. The summed E-state index contributed by atoms with van der Waals surface area (Å²) in [4.78, 5) is 2.31. The number of likely N-dealkylation sites (tertiary alicyclic amines) is 1. The Morgan fingerprint density at radius 2 is 2.18 bits per heavy atom. The Kier molecular flexibility index (Phi) is 1.63. The molecule has 1 heterocycles. The van der Waals surface area contributed by atoms with Gasteiger partial charge in [-0.15, -0.1) is 0 Å². The molecule has 0 bridgehead atoms. The van der Waals surface area contributed by atoms with Gasteiger partial charge in [0.25, 0.3) is 0 Å². The average molecular weight is 152 g/mol. The normalized spacial score (nSPS) is 37.5. The summed E-state index contributed by atoms with van der Waals surface area (Å²) in [5.74, 6) is 1.75. The van der Waals surface area contributed by atoms with E-state index in [2.05, 4.69) is 11.8 Å². The van der Waals surface area contributed by atoms with Crippen molar-refractivity contribution in [3.63, 3.8) is 0 Å². The topological polar surface area (TPSA) is 27.1 Å². The molecular formula is C9H16N2. The van der Waals surface area contributed by atoms with Crippen molar-refractivity contribution >= 4 is 5.84 Å². The van der Waals surface area contributed by atoms with Crippen LogP contribution in [0, 0.1) is 11.3 Å². The molecule has 0 aromatic rings. The van der Waals surface area contributed by atoms with Gasteiger partial charge in [0.05, 0.1) is 5.84 Å². The summed E-state index contributed by atoms with van der Waals surface area (Å²) in [6.45, 7) is 3.43. The zero-order valence-electron chi connectivity index (χ0n) is 7.14. The first kappa shape index (κ1) is 7.14. The number of piperidine rings is 1. The van der Waals surface area contributed by atoms with Crippen molar-refractivity contribution in [3.8, 4) is 0 Å². The molecule has 1 N–H and O–H groups in total. The van der Waals surface area contributed by atoms with Crippen LogP contribution in [-0.2, 0) is 0 Å². The van der Waals surface area contributed by atoms with E-state index in [0.717, 1.165) is 30.8 Å². The van der Waals surface area contributed by atoms with Gasteiger partial charge >= 0.3 is 0 Å². The Bertz CT molecular complexity index is 176. The quantitative estimate of drug-likeness (QED) is 0.610. The van der Waals surface area contributed by atoms with Gasteiger partial charge < -0.3 is 4.90 Å². The van der Waals surface area contributed by atoms with Crippen LogP contribution in [0.1, 0.15) is 32.6 Å². The Morgan fingerprint density at radius 3 is 2.73 bits per heavy atom. The number of nitrogens with one attached hydrogen (secondary N) is 1. The Hall–Kier alpha value is -0.530. The molecule has 1 aliphatic carbocycles. The SMILES string of the molecule is CC1CC1N1CCCCC1=N. The summed E-state index contributed by atoms with van der Waals surface area (Å²) in [5, 5.41) is 7.73. The van der Waals surface area contributed by atoms with Crippen molar-refractivity contribution in [2.24, 2.45) is 5.92 Å². The second-order valence-corrected chi connectivity index (χ2v) is 3.88. The van der Waals surface area contributed by atoms with Gasteiger partial charge in [0, 0.05) is 19.0 Å². The third-order valence-corrected chi connectivity index (χ3v) is 2.88. The fraction of sp³-hybridized carbons (Fsp3) is 0.889. The Labute approximate surface area is 68.1 Å². The van der Waals surface area contributed by atoms with E-state index in [4.69, 9.17) is 5.41 Å². The zero-order valence-corrected chi connectivity index (χ0v) is 7.14. The van der Waals surface area contributed by atoms with Gasteiger partial charge in [-0.3, -0.25) is 5.41 Å². The molecule has 0 aromatic heterocycles. The summed E-state index contributed by atoms with van der Waals surface area (Å²) in [5.41, 5.74) is 0. The van der Waals surface area contributed by atoms with Crippen LogP contribution in [0.15, 0.2) is 0 Å². The molecule has 2 unspecified atom stereocenters.